The second-order valence-electron chi connectivity index (χ2n) is 0. The van der Waals surface area contributed by atoms with Gasteiger partial charge in [-0.05, 0) is 0 Å². The maximum absolute atomic E-state index is 0. The molecule has 4 heavy (non-hydrogen) atoms. The summed E-state index contributed by atoms with van der Waals surface area (Å²) in [7, 11) is 0. The average molecular weight is 199 g/mol. The minimum atomic E-state index is 0. The zero-order valence-corrected chi connectivity index (χ0v) is 7.55. The standard InChI is InChI=1S/Li.Nb.Ti.V. The maximum Gasteiger partial charge on any atom is 0 e. The van der Waals surface area contributed by atoms with E-state index in [-0.39, 0.29) is 81.5 Å². The first kappa shape index (κ1) is 30.3. The van der Waals surface area contributed by atoms with Crippen LogP contribution in [0.5, 0.6) is 0 Å². The Morgan fingerprint density at radius 3 is 1.00 bits per heavy atom. The summed E-state index contributed by atoms with van der Waals surface area (Å²) in [5.41, 5.74) is 0. The summed E-state index contributed by atoms with van der Waals surface area (Å²) >= 11 is 0. The second-order valence-corrected chi connectivity index (χ2v) is 0. The van der Waals surface area contributed by atoms with Gasteiger partial charge in [0.15, 0.2) is 0 Å². The molecular formula is LiNbTiV. The van der Waals surface area contributed by atoms with Gasteiger partial charge >= 0.3 is 0 Å². The van der Waals surface area contributed by atoms with Crippen LogP contribution < -0.4 is 0 Å². The molecule has 0 N–H and O–H groups in total. The van der Waals surface area contributed by atoms with Gasteiger partial charge in [-0.25, -0.2) is 0 Å². The molecule has 0 bridgehead atoms. The zero-order chi connectivity index (χ0) is 0. The first-order valence-corrected chi connectivity index (χ1v) is 0. The Bertz CT molecular complexity index is 8.00. The van der Waals surface area contributed by atoms with Gasteiger partial charge in [-0.1, -0.05) is 0 Å². The van der Waals surface area contributed by atoms with Gasteiger partial charge < -0.3 is 0 Å². The average Bonchev–Trinajstić information content (AvgIpc) is 0. The van der Waals surface area contributed by atoms with Crippen molar-refractivity contribution in [2.24, 2.45) is 0 Å². The fourth-order valence-electron chi connectivity index (χ4n) is 0. The van der Waals surface area contributed by atoms with Gasteiger partial charge in [0, 0.05) is 81.5 Å². The normalized spacial score (nSPS) is 0. The van der Waals surface area contributed by atoms with E-state index in [0.29, 0.717) is 0 Å². The summed E-state index contributed by atoms with van der Waals surface area (Å²) in [6.07, 6.45) is 0. The van der Waals surface area contributed by atoms with Crippen molar-refractivity contribution in [2.75, 3.05) is 0 Å². The molecule has 0 rings (SSSR count). The predicted molar refractivity (Wildman–Crippen MR) is 5.75 cm³/mol. The SMILES string of the molecule is [Li].[Nb].[Ti].[V]. The van der Waals surface area contributed by atoms with Gasteiger partial charge in [-0.15, -0.1) is 0 Å². The second kappa shape index (κ2) is 17.4. The first-order chi connectivity index (χ1) is 0. The molecule has 0 amide bonds. The molecule has 0 atom stereocenters. The number of rotatable bonds is 0. The minimum Gasteiger partial charge on any atom is 0 e. The molecule has 0 aliphatic rings. The van der Waals surface area contributed by atoms with E-state index in [1.807, 2.05) is 0 Å². The third-order valence-corrected chi connectivity index (χ3v) is 0. The molecule has 3 radical (unpaired) electrons. The largest absolute Gasteiger partial charge is 0 e. The van der Waals surface area contributed by atoms with E-state index < -0.39 is 0 Å². The van der Waals surface area contributed by atoms with Crippen LogP contribution in [-0.4, -0.2) is 18.9 Å². The molecule has 0 spiro atoms. The molecule has 0 saturated carbocycles. The van der Waals surface area contributed by atoms with Crippen molar-refractivity contribution in [1.82, 2.24) is 0 Å². The van der Waals surface area contributed by atoms with Crippen LogP contribution >= 0.6 is 0 Å². The third-order valence-electron chi connectivity index (χ3n) is 0. The van der Waals surface area contributed by atoms with Crippen LogP contribution in [-0.2, 0) is 62.7 Å². The molecule has 0 saturated heterocycles. The quantitative estimate of drug-likeness (QED) is 0.466. The minimum absolute atomic E-state index is 0. The van der Waals surface area contributed by atoms with Crippen molar-refractivity contribution in [2.45, 2.75) is 0 Å². The summed E-state index contributed by atoms with van der Waals surface area (Å²) in [6.45, 7) is 0. The topological polar surface area (TPSA) is 0 Å². The van der Waals surface area contributed by atoms with E-state index in [1.54, 1.807) is 0 Å². The smallest absolute Gasteiger partial charge is 0 e. The molecule has 0 heterocycles. The van der Waals surface area contributed by atoms with Crippen molar-refractivity contribution < 1.29 is 62.7 Å². The van der Waals surface area contributed by atoms with E-state index in [1.165, 1.54) is 0 Å². The van der Waals surface area contributed by atoms with E-state index in [4.69, 9.17) is 0 Å². The predicted octanol–water partition coefficient (Wildman–Crippen LogP) is -0.388. The Morgan fingerprint density at radius 1 is 1.00 bits per heavy atom. The number of hydrogen-bond acceptors (Lipinski definition) is 0. The monoisotopic (exact) mass is 199 g/mol. The Hall–Kier alpha value is 2.64. The first-order valence-electron chi connectivity index (χ1n) is 0. The van der Waals surface area contributed by atoms with Crippen LogP contribution in [0, 0.1) is 0 Å². The summed E-state index contributed by atoms with van der Waals surface area (Å²) in [4.78, 5) is 0. The number of hydrogen-bond donors (Lipinski definition) is 0. The molecule has 0 aliphatic heterocycles. The van der Waals surface area contributed by atoms with Gasteiger partial charge in [0.05, 0.1) is 0 Å². The molecule has 0 fully saturated rings. The van der Waals surface area contributed by atoms with Crippen molar-refractivity contribution >= 4 is 18.9 Å². The zero-order valence-electron chi connectivity index (χ0n) is 2.39. The van der Waals surface area contributed by atoms with Crippen molar-refractivity contribution in [3.63, 3.8) is 0 Å². The molecule has 0 aliphatic carbocycles. The van der Waals surface area contributed by atoms with Crippen molar-refractivity contribution in [3.05, 3.63) is 0 Å². The molecule has 0 nitrogen and oxygen atoms in total. The fraction of sp³-hybridized carbons (Fsp3) is 0. The summed E-state index contributed by atoms with van der Waals surface area (Å²) in [5.74, 6) is 0. The van der Waals surface area contributed by atoms with Gasteiger partial charge in [-0.3, -0.25) is 0 Å². The molecule has 0 aromatic heterocycles. The Balaban J connectivity index is 0. The van der Waals surface area contributed by atoms with Crippen LogP contribution in [0.25, 0.3) is 0 Å². The summed E-state index contributed by atoms with van der Waals surface area (Å²) in [6, 6.07) is 0. The Morgan fingerprint density at radius 2 is 1.00 bits per heavy atom. The maximum atomic E-state index is 0. The van der Waals surface area contributed by atoms with E-state index in [9.17, 15) is 0 Å². The van der Waals surface area contributed by atoms with Crippen LogP contribution in [0.4, 0.5) is 0 Å². The molecule has 4 heteroatoms. The van der Waals surface area contributed by atoms with Crippen LogP contribution in [0.2, 0.25) is 0 Å². The van der Waals surface area contributed by atoms with Crippen LogP contribution in [0.1, 0.15) is 0 Å². The molecule has 0 aromatic carbocycles. The Labute approximate surface area is 80.3 Å². The fourth-order valence-corrected chi connectivity index (χ4v) is 0. The molecule has 15 valence electrons. The van der Waals surface area contributed by atoms with Crippen molar-refractivity contribution in [3.8, 4) is 0 Å². The molecule has 0 unspecified atom stereocenters. The van der Waals surface area contributed by atoms with Crippen molar-refractivity contribution in [1.29, 1.82) is 0 Å². The van der Waals surface area contributed by atoms with Gasteiger partial charge in [0.1, 0.15) is 0 Å². The van der Waals surface area contributed by atoms with E-state index >= 15 is 0 Å². The van der Waals surface area contributed by atoms with Crippen LogP contribution in [0.3, 0.4) is 0 Å². The van der Waals surface area contributed by atoms with Gasteiger partial charge in [-0.2, -0.15) is 0 Å². The Kier molecular flexibility index (Phi) is 132. The molecular weight excluding hydrogens is 199 g/mol. The van der Waals surface area contributed by atoms with Gasteiger partial charge in [0.25, 0.3) is 0 Å². The van der Waals surface area contributed by atoms with Gasteiger partial charge in [0.2, 0.25) is 0 Å². The third kappa shape index (κ3) is 8.82. The van der Waals surface area contributed by atoms with E-state index in [0.717, 1.165) is 0 Å². The van der Waals surface area contributed by atoms with E-state index in [2.05, 4.69) is 0 Å². The summed E-state index contributed by atoms with van der Waals surface area (Å²) < 4.78 is 0. The summed E-state index contributed by atoms with van der Waals surface area (Å²) in [5, 5.41) is 0. The molecule has 0 aromatic rings. The van der Waals surface area contributed by atoms with Crippen LogP contribution in [0.15, 0.2) is 0 Å².